The quantitative estimate of drug-likeness (QED) is 0.178. The largest absolute Gasteiger partial charge is 0.454 e. The molecule has 0 unspecified atom stereocenters. The molecule has 7 heteroatoms. The normalized spacial score (nSPS) is 11.7. The molecule has 19 heavy (non-hydrogen) atoms. The maximum Gasteiger partial charge on any atom is 0.151 e. The molecule has 0 fully saturated rings. The summed E-state index contributed by atoms with van der Waals surface area (Å²) in [5, 5.41) is 2.08. The summed E-state index contributed by atoms with van der Waals surface area (Å²) in [4.78, 5) is 0. The van der Waals surface area contributed by atoms with Crippen LogP contribution in [0.15, 0.2) is 43.4 Å². The van der Waals surface area contributed by atoms with Crippen molar-refractivity contribution in [3.8, 4) is 0 Å². The summed E-state index contributed by atoms with van der Waals surface area (Å²) in [6.45, 7) is 0. The van der Waals surface area contributed by atoms with E-state index >= 15 is 0 Å². The van der Waals surface area contributed by atoms with Crippen molar-refractivity contribution >= 4 is 118 Å². The average Bonchev–Trinajstić information content (AvgIpc) is 2.73. The molecule has 98 valence electrons. The topological polar surface area (TPSA) is 13.1 Å². The summed E-state index contributed by atoms with van der Waals surface area (Å²) in [5.74, 6) is 0. The maximum atomic E-state index is 6.01. The summed E-state index contributed by atoms with van der Waals surface area (Å²) in [6.07, 6.45) is 0. The van der Waals surface area contributed by atoms with E-state index in [4.69, 9.17) is 4.42 Å². The molecule has 0 amide bonds. The first kappa shape index (κ1) is 15.0. The Balaban J connectivity index is 2.64. The van der Waals surface area contributed by atoms with Gasteiger partial charge in [-0.25, -0.2) is 0 Å². The van der Waals surface area contributed by atoms with E-state index < -0.39 is 0 Å². The smallest absolute Gasteiger partial charge is 0.151 e. The highest BCUT2D eigenvalue weighted by molar-refractivity contribution is 9.14. The minimum Gasteiger partial charge on any atom is -0.454 e. The zero-order chi connectivity index (χ0) is 13.9. The van der Waals surface area contributed by atoms with Gasteiger partial charge in [0.2, 0.25) is 0 Å². The van der Waals surface area contributed by atoms with Crippen molar-refractivity contribution in [1.29, 1.82) is 0 Å². The van der Waals surface area contributed by atoms with E-state index in [-0.39, 0.29) is 0 Å². The van der Waals surface area contributed by atoms with Gasteiger partial charge in [0.15, 0.2) is 11.2 Å². The van der Waals surface area contributed by atoms with Gasteiger partial charge in [0.05, 0.1) is 8.95 Å². The summed E-state index contributed by atoms with van der Waals surface area (Å²) >= 11 is 21.3. The van der Waals surface area contributed by atoms with Gasteiger partial charge in [-0.1, -0.05) is 0 Å². The molecule has 1 aromatic heterocycles. The molecule has 0 N–H and O–H groups in total. The fourth-order valence-electron chi connectivity index (χ4n) is 1.89. The molecule has 1 heterocycles. The van der Waals surface area contributed by atoms with Crippen molar-refractivity contribution in [2.45, 2.75) is 0 Å². The van der Waals surface area contributed by atoms with Crippen molar-refractivity contribution in [2.24, 2.45) is 0 Å². The highest BCUT2D eigenvalue weighted by Gasteiger charge is 2.19. The summed E-state index contributed by atoms with van der Waals surface area (Å²) < 4.78 is 11.6. The Kier molecular flexibility index (Phi) is 4.27. The summed E-state index contributed by atoms with van der Waals surface area (Å²) in [6, 6.07) is 4.05. The Hall–Kier alpha value is 1.12. The Morgan fingerprint density at radius 3 is 1.95 bits per heavy atom. The first-order chi connectivity index (χ1) is 8.91. The van der Waals surface area contributed by atoms with Crippen LogP contribution in [0.5, 0.6) is 0 Å². The van der Waals surface area contributed by atoms with Crippen LogP contribution in [0.4, 0.5) is 0 Å². The number of benzene rings is 2. The Bertz CT molecular complexity index is 836. The van der Waals surface area contributed by atoms with E-state index in [9.17, 15) is 0 Å². The Morgan fingerprint density at radius 1 is 0.632 bits per heavy atom. The van der Waals surface area contributed by atoms with Crippen molar-refractivity contribution in [2.75, 3.05) is 0 Å². The number of hydrogen-bond acceptors (Lipinski definition) is 1. The molecule has 0 aliphatic carbocycles. The molecule has 0 radical (unpaired) electrons. The third-order valence-electron chi connectivity index (χ3n) is 2.72. The maximum absolute atomic E-state index is 6.01. The molecule has 0 atom stereocenters. The second kappa shape index (κ2) is 5.39. The van der Waals surface area contributed by atoms with Crippen LogP contribution in [0.2, 0.25) is 0 Å². The number of rotatable bonds is 0. The zero-order valence-corrected chi connectivity index (χ0v) is 18.3. The fourth-order valence-corrected chi connectivity index (χ4v) is 5.11. The molecule has 0 aliphatic rings. The predicted octanol–water partition coefficient (Wildman–Crippen LogP) is 8.16. The van der Waals surface area contributed by atoms with Crippen molar-refractivity contribution in [3.05, 3.63) is 39.0 Å². The number of fused-ring (bicyclic) bond motifs is 3. The molecular formula is C12H2Br6O. The molecule has 0 bridgehead atoms. The lowest BCUT2D eigenvalue weighted by Gasteiger charge is -2.01. The number of hydrogen-bond donors (Lipinski definition) is 0. The fraction of sp³-hybridized carbons (Fsp3) is 0. The summed E-state index contributed by atoms with van der Waals surface area (Å²) in [7, 11) is 0. The van der Waals surface area contributed by atoms with E-state index in [0.717, 1.165) is 48.8 Å². The molecule has 3 rings (SSSR count). The number of halogens is 6. The monoisotopic (exact) mass is 636 g/mol. The Morgan fingerprint density at radius 2 is 1.26 bits per heavy atom. The third kappa shape index (κ3) is 2.32. The van der Waals surface area contributed by atoms with Crippen molar-refractivity contribution in [3.63, 3.8) is 0 Å². The van der Waals surface area contributed by atoms with Gasteiger partial charge in [-0.3, -0.25) is 0 Å². The van der Waals surface area contributed by atoms with Crippen LogP contribution in [0, 0.1) is 0 Å². The minimum absolute atomic E-state index is 0.807. The van der Waals surface area contributed by atoms with Gasteiger partial charge in [0.1, 0.15) is 0 Å². The van der Waals surface area contributed by atoms with Gasteiger partial charge in [0, 0.05) is 28.7 Å². The van der Waals surface area contributed by atoms with Gasteiger partial charge in [-0.15, -0.1) is 0 Å². The highest BCUT2D eigenvalue weighted by Crippen LogP contribution is 2.46. The molecule has 0 saturated heterocycles. The van der Waals surface area contributed by atoms with E-state index in [1.54, 1.807) is 0 Å². The number of furan rings is 1. The van der Waals surface area contributed by atoms with E-state index in [2.05, 4.69) is 95.6 Å². The lowest BCUT2D eigenvalue weighted by molar-refractivity contribution is 0.664. The molecule has 0 saturated carbocycles. The van der Waals surface area contributed by atoms with Gasteiger partial charge in [-0.2, -0.15) is 0 Å². The van der Waals surface area contributed by atoms with Crippen LogP contribution in [0.1, 0.15) is 0 Å². The lowest BCUT2D eigenvalue weighted by Crippen LogP contribution is -1.76. The van der Waals surface area contributed by atoms with Crippen LogP contribution in [-0.4, -0.2) is 0 Å². The van der Waals surface area contributed by atoms with Crippen LogP contribution in [0.25, 0.3) is 21.9 Å². The van der Waals surface area contributed by atoms with Crippen LogP contribution in [0.3, 0.4) is 0 Å². The minimum atomic E-state index is 0.807. The lowest BCUT2D eigenvalue weighted by atomic mass is 10.1. The second-order valence-corrected chi connectivity index (χ2v) is 8.77. The molecule has 2 aromatic carbocycles. The van der Waals surface area contributed by atoms with E-state index in [0.29, 0.717) is 0 Å². The van der Waals surface area contributed by atoms with Gasteiger partial charge < -0.3 is 4.42 Å². The first-order valence-corrected chi connectivity index (χ1v) is 9.70. The third-order valence-corrected chi connectivity index (χ3v) is 8.56. The van der Waals surface area contributed by atoms with Crippen LogP contribution < -0.4 is 0 Å². The molecule has 0 aliphatic heterocycles. The standard InChI is InChI=1S/C12H2Br6O/c13-4-2-6(15)9(17)12-7(4)3-1-5(14)8(16)10(18)11(3)19-12/h1-2H. The van der Waals surface area contributed by atoms with Crippen molar-refractivity contribution < 1.29 is 4.42 Å². The Labute approximate surface area is 159 Å². The highest BCUT2D eigenvalue weighted by atomic mass is 79.9. The summed E-state index contributed by atoms with van der Waals surface area (Å²) in [5.41, 5.74) is 1.62. The predicted molar refractivity (Wildman–Crippen MR) is 99.9 cm³/mol. The molecular weight excluding hydrogens is 640 g/mol. The van der Waals surface area contributed by atoms with E-state index in [1.165, 1.54) is 0 Å². The van der Waals surface area contributed by atoms with Gasteiger partial charge in [0.25, 0.3) is 0 Å². The average molecular weight is 642 g/mol. The van der Waals surface area contributed by atoms with E-state index in [1.807, 2.05) is 12.1 Å². The molecule has 1 nitrogen and oxygen atoms in total. The first-order valence-electron chi connectivity index (χ1n) is 4.95. The second-order valence-electron chi connectivity index (χ2n) is 3.82. The molecule has 0 spiro atoms. The van der Waals surface area contributed by atoms with Gasteiger partial charge in [-0.05, 0) is 108 Å². The van der Waals surface area contributed by atoms with Crippen LogP contribution in [-0.2, 0) is 0 Å². The van der Waals surface area contributed by atoms with Crippen molar-refractivity contribution in [1.82, 2.24) is 0 Å². The van der Waals surface area contributed by atoms with Gasteiger partial charge >= 0.3 is 0 Å². The zero-order valence-electron chi connectivity index (χ0n) is 8.83. The van der Waals surface area contributed by atoms with Crippen LogP contribution >= 0.6 is 95.6 Å². The SMILES string of the molecule is Brc1cc2c(oc3c(Br)c(Br)cc(Br)c32)c(Br)c1Br. The molecule has 3 aromatic rings.